The maximum absolute atomic E-state index is 10.8. The summed E-state index contributed by atoms with van der Waals surface area (Å²) in [5, 5.41) is 8.87. The fourth-order valence-electron chi connectivity index (χ4n) is 1.40. The molecule has 1 rings (SSSR count). The van der Waals surface area contributed by atoms with Crippen LogP contribution in [0.25, 0.3) is 0 Å². The summed E-state index contributed by atoms with van der Waals surface area (Å²) in [4.78, 5) is 10.8. The molecule has 0 radical (unpaired) electrons. The zero-order chi connectivity index (χ0) is 13.5. The maximum Gasteiger partial charge on any atom is 0.331 e. The van der Waals surface area contributed by atoms with Crippen LogP contribution >= 0.6 is 15.9 Å². The van der Waals surface area contributed by atoms with E-state index in [1.54, 1.807) is 26.2 Å². The van der Waals surface area contributed by atoms with E-state index in [9.17, 15) is 4.79 Å². The van der Waals surface area contributed by atoms with Crippen molar-refractivity contribution >= 4 is 21.9 Å². The molecule has 0 aliphatic rings. The molecular weight excluding hydrogens is 300 g/mol. The standard InChI is InChI=1S/C13H15BrO4/c1-3-9(13(15)16)7-8-18-12-10(14)5-4-6-11(12)17-2/h4-7H,3,8H2,1-2H3,(H,15,16)/b9-7-. The first kappa shape index (κ1) is 14.6. The summed E-state index contributed by atoms with van der Waals surface area (Å²) in [5.41, 5.74) is 0.334. The van der Waals surface area contributed by atoms with Gasteiger partial charge in [-0.3, -0.25) is 0 Å². The average Bonchev–Trinajstić information content (AvgIpc) is 2.35. The number of methoxy groups -OCH3 is 1. The Morgan fingerprint density at radius 1 is 1.50 bits per heavy atom. The van der Waals surface area contributed by atoms with Crippen molar-refractivity contribution in [1.29, 1.82) is 0 Å². The summed E-state index contributed by atoms with van der Waals surface area (Å²) in [6.45, 7) is 1.98. The molecule has 0 unspecified atom stereocenters. The van der Waals surface area contributed by atoms with Crippen LogP contribution in [0.2, 0.25) is 0 Å². The van der Waals surface area contributed by atoms with Gasteiger partial charge in [-0.05, 0) is 40.6 Å². The zero-order valence-corrected chi connectivity index (χ0v) is 11.9. The van der Waals surface area contributed by atoms with Gasteiger partial charge in [-0.25, -0.2) is 4.79 Å². The molecule has 0 aromatic heterocycles. The number of carboxylic acid groups (broad SMARTS) is 1. The van der Waals surface area contributed by atoms with Crippen molar-refractivity contribution in [2.24, 2.45) is 0 Å². The van der Waals surface area contributed by atoms with E-state index in [1.165, 1.54) is 0 Å². The van der Waals surface area contributed by atoms with Crippen molar-refractivity contribution in [3.05, 3.63) is 34.3 Å². The normalized spacial score (nSPS) is 11.2. The highest BCUT2D eigenvalue weighted by Gasteiger charge is 2.08. The van der Waals surface area contributed by atoms with Crippen LogP contribution in [-0.2, 0) is 4.79 Å². The Morgan fingerprint density at radius 3 is 2.78 bits per heavy atom. The number of para-hydroxylation sites is 1. The Bertz CT molecular complexity index is 454. The first-order valence-corrected chi connectivity index (χ1v) is 6.27. The summed E-state index contributed by atoms with van der Waals surface area (Å²) < 4.78 is 11.5. The Kier molecular flexibility index (Phi) is 5.71. The van der Waals surface area contributed by atoms with Crippen molar-refractivity contribution in [2.75, 3.05) is 13.7 Å². The molecule has 98 valence electrons. The minimum atomic E-state index is -0.916. The van der Waals surface area contributed by atoms with Gasteiger partial charge >= 0.3 is 5.97 Å². The Morgan fingerprint density at radius 2 is 2.22 bits per heavy atom. The molecule has 0 atom stereocenters. The molecule has 1 N–H and O–H groups in total. The van der Waals surface area contributed by atoms with E-state index in [4.69, 9.17) is 14.6 Å². The Hall–Kier alpha value is -1.49. The molecule has 0 aliphatic carbocycles. The number of aliphatic carboxylic acids is 1. The number of hydrogen-bond donors (Lipinski definition) is 1. The molecular formula is C13H15BrO4. The molecule has 5 heteroatoms. The van der Waals surface area contributed by atoms with Crippen molar-refractivity contribution in [2.45, 2.75) is 13.3 Å². The second-order valence-electron chi connectivity index (χ2n) is 3.47. The zero-order valence-electron chi connectivity index (χ0n) is 10.3. The van der Waals surface area contributed by atoms with Gasteiger partial charge in [0, 0.05) is 5.57 Å². The molecule has 0 fully saturated rings. The lowest BCUT2D eigenvalue weighted by Crippen LogP contribution is -2.03. The van der Waals surface area contributed by atoms with Crippen LogP contribution in [0.5, 0.6) is 11.5 Å². The molecule has 4 nitrogen and oxygen atoms in total. The van der Waals surface area contributed by atoms with Gasteiger partial charge in [0.25, 0.3) is 0 Å². The van der Waals surface area contributed by atoms with Gasteiger partial charge in [0.05, 0.1) is 11.6 Å². The highest BCUT2D eigenvalue weighted by molar-refractivity contribution is 9.10. The third-order valence-corrected chi connectivity index (χ3v) is 2.99. The van der Waals surface area contributed by atoms with Gasteiger partial charge in [-0.1, -0.05) is 13.0 Å². The third-order valence-electron chi connectivity index (χ3n) is 2.36. The largest absolute Gasteiger partial charge is 0.493 e. The van der Waals surface area contributed by atoms with E-state index in [0.29, 0.717) is 23.5 Å². The highest BCUT2D eigenvalue weighted by atomic mass is 79.9. The lowest BCUT2D eigenvalue weighted by Gasteiger charge is -2.11. The quantitative estimate of drug-likeness (QED) is 0.819. The van der Waals surface area contributed by atoms with E-state index in [-0.39, 0.29) is 6.61 Å². The summed E-state index contributed by atoms with van der Waals surface area (Å²) >= 11 is 3.36. The van der Waals surface area contributed by atoms with E-state index >= 15 is 0 Å². The molecule has 0 bridgehead atoms. The van der Waals surface area contributed by atoms with E-state index in [0.717, 1.165) is 4.47 Å². The second kappa shape index (κ2) is 7.06. The van der Waals surface area contributed by atoms with E-state index < -0.39 is 5.97 Å². The van der Waals surface area contributed by atoms with Crippen LogP contribution < -0.4 is 9.47 Å². The molecule has 1 aromatic carbocycles. The number of carboxylic acids is 1. The van der Waals surface area contributed by atoms with Gasteiger partial charge in [-0.2, -0.15) is 0 Å². The van der Waals surface area contributed by atoms with Gasteiger partial charge in [0.1, 0.15) is 6.61 Å². The lowest BCUT2D eigenvalue weighted by atomic mass is 10.2. The number of ether oxygens (including phenoxy) is 2. The third kappa shape index (κ3) is 3.77. The second-order valence-corrected chi connectivity index (χ2v) is 4.32. The smallest absolute Gasteiger partial charge is 0.331 e. The fraction of sp³-hybridized carbons (Fsp3) is 0.308. The van der Waals surface area contributed by atoms with Gasteiger partial charge < -0.3 is 14.6 Å². The minimum absolute atomic E-state index is 0.189. The highest BCUT2D eigenvalue weighted by Crippen LogP contribution is 2.34. The lowest BCUT2D eigenvalue weighted by molar-refractivity contribution is -0.132. The minimum Gasteiger partial charge on any atom is -0.493 e. The van der Waals surface area contributed by atoms with Gasteiger partial charge in [0.15, 0.2) is 11.5 Å². The van der Waals surface area contributed by atoms with Gasteiger partial charge in [0.2, 0.25) is 0 Å². The SMILES string of the molecule is CC/C(=C/COc1c(Br)cccc1OC)C(=O)O. The predicted octanol–water partition coefficient (Wildman–Crippen LogP) is 3.26. The topological polar surface area (TPSA) is 55.8 Å². The molecule has 0 saturated carbocycles. The number of halogens is 1. The van der Waals surface area contributed by atoms with Crippen LogP contribution in [0.1, 0.15) is 13.3 Å². The average molecular weight is 315 g/mol. The van der Waals surface area contributed by atoms with E-state index in [1.807, 2.05) is 12.1 Å². The first-order valence-electron chi connectivity index (χ1n) is 5.47. The summed E-state index contributed by atoms with van der Waals surface area (Å²) in [6, 6.07) is 5.45. The van der Waals surface area contributed by atoms with Crippen molar-refractivity contribution in [3.63, 3.8) is 0 Å². The molecule has 0 heterocycles. The van der Waals surface area contributed by atoms with Crippen molar-refractivity contribution < 1.29 is 19.4 Å². The van der Waals surface area contributed by atoms with Crippen LogP contribution in [-0.4, -0.2) is 24.8 Å². The summed E-state index contributed by atoms with van der Waals surface area (Å²) in [6.07, 6.45) is 2.02. The summed E-state index contributed by atoms with van der Waals surface area (Å²) in [5.74, 6) is 0.253. The molecule has 0 aliphatic heterocycles. The molecule has 18 heavy (non-hydrogen) atoms. The van der Waals surface area contributed by atoms with E-state index in [2.05, 4.69) is 15.9 Å². The molecule has 0 amide bonds. The number of benzene rings is 1. The van der Waals surface area contributed by atoms with Crippen LogP contribution in [0.3, 0.4) is 0 Å². The predicted molar refractivity (Wildman–Crippen MR) is 72.2 cm³/mol. The summed E-state index contributed by atoms with van der Waals surface area (Å²) in [7, 11) is 1.55. The molecule has 0 saturated heterocycles. The Balaban J connectivity index is 2.78. The number of carbonyl (C=O) groups is 1. The molecule has 0 spiro atoms. The van der Waals surface area contributed by atoms with Crippen LogP contribution in [0, 0.1) is 0 Å². The monoisotopic (exact) mass is 314 g/mol. The van der Waals surface area contributed by atoms with Crippen LogP contribution in [0.15, 0.2) is 34.3 Å². The molecule has 1 aromatic rings. The fourth-order valence-corrected chi connectivity index (χ4v) is 1.86. The Labute approximate surface area is 114 Å². The van der Waals surface area contributed by atoms with Crippen molar-refractivity contribution in [1.82, 2.24) is 0 Å². The number of rotatable bonds is 6. The van der Waals surface area contributed by atoms with Crippen LogP contribution in [0.4, 0.5) is 0 Å². The van der Waals surface area contributed by atoms with Gasteiger partial charge in [-0.15, -0.1) is 0 Å². The number of hydrogen-bond acceptors (Lipinski definition) is 3. The van der Waals surface area contributed by atoms with Crippen molar-refractivity contribution in [3.8, 4) is 11.5 Å². The maximum atomic E-state index is 10.8. The first-order chi connectivity index (χ1) is 8.60.